The molecule has 0 aliphatic carbocycles. The van der Waals surface area contributed by atoms with E-state index in [4.69, 9.17) is 9.47 Å². The van der Waals surface area contributed by atoms with Crippen LogP contribution in [-0.4, -0.2) is 53.8 Å². The maximum absolute atomic E-state index is 12.2. The van der Waals surface area contributed by atoms with E-state index in [0.29, 0.717) is 25.9 Å². The molecule has 1 saturated heterocycles. The lowest BCUT2D eigenvalue weighted by atomic mass is 9.79. The Morgan fingerprint density at radius 1 is 1.19 bits per heavy atom. The molecule has 144 valence electrons. The first-order chi connectivity index (χ1) is 13.0. The van der Waals surface area contributed by atoms with Gasteiger partial charge in [0.2, 0.25) is 0 Å². The van der Waals surface area contributed by atoms with Gasteiger partial charge in [0, 0.05) is 17.6 Å². The van der Waals surface area contributed by atoms with E-state index in [1.807, 2.05) is 28.8 Å². The number of hydrogen-bond donors (Lipinski definition) is 1. The fourth-order valence-electron chi connectivity index (χ4n) is 4.68. The van der Waals surface area contributed by atoms with E-state index in [9.17, 15) is 14.7 Å². The minimum Gasteiger partial charge on any atom is -0.468 e. The summed E-state index contributed by atoms with van der Waals surface area (Å²) in [5.74, 6) is -2.16. The zero-order chi connectivity index (χ0) is 19.1. The molecule has 0 bridgehead atoms. The van der Waals surface area contributed by atoms with Crippen molar-refractivity contribution in [2.24, 2.45) is 11.8 Å². The van der Waals surface area contributed by atoms with E-state index < -0.39 is 24.1 Å². The Morgan fingerprint density at radius 3 is 2.59 bits per heavy atom. The van der Waals surface area contributed by atoms with Gasteiger partial charge in [-0.05, 0) is 37.4 Å². The number of aliphatic hydroxyl groups excluding tert-OH is 1. The Hall–Kier alpha value is -2.38. The molecule has 3 heterocycles. The van der Waals surface area contributed by atoms with Crippen LogP contribution in [0, 0.1) is 11.8 Å². The highest BCUT2D eigenvalue weighted by Gasteiger charge is 2.44. The number of hydrogen-bond acceptors (Lipinski definition) is 6. The molecule has 1 aromatic heterocycles. The number of rotatable bonds is 3. The molecule has 1 N–H and O–H groups in total. The Bertz CT molecular complexity index is 860. The van der Waals surface area contributed by atoms with Crippen LogP contribution >= 0.6 is 0 Å². The minimum atomic E-state index is -0.910. The van der Waals surface area contributed by atoms with Crippen LogP contribution in [0.3, 0.4) is 0 Å². The first kappa shape index (κ1) is 18.0. The van der Waals surface area contributed by atoms with Crippen LogP contribution in [-0.2, 0) is 19.1 Å². The topological polar surface area (TPSA) is 81.0 Å². The highest BCUT2D eigenvalue weighted by Crippen LogP contribution is 2.43. The molecule has 2 aliphatic rings. The molecule has 27 heavy (non-hydrogen) atoms. The Labute approximate surface area is 157 Å². The highest BCUT2D eigenvalue weighted by molar-refractivity contribution is 5.95. The van der Waals surface area contributed by atoms with Crippen molar-refractivity contribution in [2.75, 3.05) is 27.3 Å². The zero-order valence-electron chi connectivity index (χ0n) is 15.5. The minimum absolute atomic E-state index is 0.0383. The molecule has 7 heteroatoms. The fraction of sp³-hybridized carbons (Fsp3) is 0.500. The normalized spacial score (nSPS) is 25.1. The predicted octanol–water partition coefficient (Wildman–Crippen LogP) is 1.86. The summed E-state index contributed by atoms with van der Waals surface area (Å²) in [5, 5.41) is 11.8. The van der Waals surface area contributed by atoms with Gasteiger partial charge in [-0.3, -0.25) is 14.5 Å². The second kappa shape index (κ2) is 6.98. The summed E-state index contributed by atoms with van der Waals surface area (Å²) in [5.41, 5.74) is 2.02. The van der Waals surface area contributed by atoms with Crippen molar-refractivity contribution in [3.05, 3.63) is 36.0 Å². The largest absolute Gasteiger partial charge is 0.468 e. The third-order valence-electron chi connectivity index (χ3n) is 5.95. The molecule has 0 radical (unpaired) electrons. The number of fused-ring (bicyclic) bond motifs is 5. The van der Waals surface area contributed by atoms with Gasteiger partial charge in [-0.2, -0.15) is 0 Å². The van der Waals surface area contributed by atoms with Crippen LogP contribution in [0.1, 0.15) is 30.8 Å². The van der Waals surface area contributed by atoms with E-state index >= 15 is 0 Å². The quantitative estimate of drug-likeness (QED) is 0.654. The standard InChI is InChI=1S/C20H24N2O5/c1-26-19(24)18(20(25)27-2)13-7-8-21-11-17(23)22-14-6-4-3-5-12(14)9-16(22)15(21)10-13/h3-6,9,13,15,17-18,23H,7-8,10-11H2,1-2H3/t13-,15+,17-/m1/s1. The van der Waals surface area contributed by atoms with Crippen molar-refractivity contribution >= 4 is 22.8 Å². The molecule has 2 aromatic rings. The van der Waals surface area contributed by atoms with Gasteiger partial charge in [0.15, 0.2) is 5.92 Å². The van der Waals surface area contributed by atoms with Crippen LogP contribution in [0.25, 0.3) is 10.9 Å². The van der Waals surface area contributed by atoms with E-state index in [0.717, 1.165) is 16.6 Å². The summed E-state index contributed by atoms with van der Waals surface area (Å²) >= 11 is 0. The maximum Gasteiger partial charge on any atom is 0.320 e. The van der Waals surface area contributed by atoms with E-state index in [1.54, 1.807) is 0 Å². The van der Waals surface area contributed by atoms with Crippen molar-refractivity contribution in [3.8, 4) is 0 Å². The molecule has 1 aromatic carbocycles. The number of esters is 2. The molecule has 0 amide bonds. The van der Waals surface area contributed by atoms with Crippen LogP contribution in [0.2, 0.25) is 0 Å². The van der Waals surface area contributed by atoms with E-state index in [-0.39, 0.29) is 12.0 Å². The number of carbonyl (C=O) groups excluding carboxylic acids is 2. The molecule has 4 rings (SSSR count). The van der Waals surface area contributed by atoms with Crippen LogP contribution in [0.4, 0.5) is 0 Å². The van der Waals surface area contributed by atoms with Gasteiger partial charge < -0.3 is 19.1 Å². The van der Waals surface area contributed by atoms with Gasteiger partial charge in [-0.1, -0.05) is 18.2 Å². The molecular weight excluding hydrogens is 348 g/mol. The number of aliphatic hydroxyl groups is 1. The Morgan fingerprint density at radius 2 is 1.89 bits per heavy atom. The van der Waals surface area contributed by atoms with Crippen molar-refractivity contribution in [1.29, 1.82) is 0 Å². The molecule has 0 spiro atoms. The van der Waals surface area contributed by atoms with Gasteiger partial charge in [0.05, 0.1) is 25.8 Å². The predicted molar refractivity (Wildman–Crippen MR) is 97.8 cm³/mol. The van der Waals surface area contributed by atoms with E-state index in [2.05, 4.69) is 11.0 Å². The number of ether oxygens (including phenoxy) is 2. The average molecular weight is 372 g/mol. The monoisotopic (exact) mass is 372 g/mol. The summed E-state index contributed by atoms with van der Waals surface area (Å²) in [6, 6.07) is 10.1. The van der Waals surface area contributed by atoms with Crippen molar-refractivity contribution in [3.63, 3.8) is 0 Å². The first-order valence-electron chi connectivity index (χ1n) is 9.22. The number of benzene rings is 1. The molecule has 0 saturated carbocycles. The maximum atomic E-state index is 12.2. The van der Waals surface area contributed by atoms with Gasteiger partial charge in [0.1, 0.15) is 6.23 Å². The lowest BCUT2D eigenvalue weighted by Crippen LogP contribution is -2.48. The third-order valence-corrected chi connectivity index (χ3v) is 5.95. The summed E-state index contributed by atoms with van der Waals surface area (Å²) < 4.78 is 11.7. The number of aromatic nitrogens is 1. The van der Waals surface area contributed by atoms with Crippen LogP contribution in [0.15, 0.2) is 30.3 Å². The van der Waals surface area contributed by atoms with Gasteiger partial charge in [-0.15, -0.1) is 0 Å². The average Bonchev–Trinajstić information content (AvgIpc) is 3.08. The fourth-order valence-corrected chi connectivity index (χ4v) is 4.68. The molecule has 7 nitrogen and oxygen atoms in total. The highest BCUT2D eigenvalue weighted by atomic mass is 16.5. The first-order valence-corrected chi connectivity index (χ1v) is 9.22. The molecule has 0 unspecified atom stereocenters. The number of nitrogens with zero attached hydrogens (tertiary/aromatic N) is 2. The number of methoxy groups -OCH3 is 2. The summed E-state index contributed by atoms with van der Waals surface area (Å²) in [6.45, 7) is 1.24. The van der Waals surface area contributed by atoms with Gasteiger partial charge in [-0.25, -0.2) is 0 Å². The summed E-state index contributed by atoms with van der Waals surface area (Å²) in [4.78, 5) is 26.7. The SMILES string of the molecule is COC(=O)C(C(=O)OC)[C@@H]1CCN2C[C@@H](O)n3c(cc4ccccc43)[C@@H]2C1. The van der Waals surface area contributed by atoms with Gasteiger partial charge >= 0.3 is 11.9 Å². The lowest BCUT2D eigenvalue weighted by Gasteiger charge is -2.45. The van der Waals surface area contributed by atoms with Crippen LogP contribution < -0.4 is 0 Å². The Balaban J connectivity index is 1.70. The lowest BCUT2D eigenvalue weighted by molar-refractivity contribution is -0.163. The van der Waals surface area contributed by atoms with Crippen molar-refractivity contribution in [2.45, 2.75) is 25.1 Å². The second-order valence-electron chi connectivity index (χ2n) is 7.30. The van der Waals surface area contributed by atoms with Crippen molar-refractivity contribution in [1.82, 2.24) is 9.47 Å². The third kappa shape index (κ3) is 2.91. The number of carbonyl (C=O) groups is 2. The molecule has 1 fully saturated rings. The van der Waals surface area contributed by atoms with Gasteiger partial charge in [0.25, 0.3) is 0 Å². The van der Waals surface area contributed by atoms with Crippen molar-refractivity contribution < 1.29 is 24.2 Å². The molecule has 3 atom stereocenters. The van der Waals surface area contributed by atoms with Crippen LogP contribution in [0.5, 0.6) is 0 Å². The zero-order valence-corrected chi connectivity index (χ0v) is 15.5. The second-order valence-corrected chi connectivity index (χ2v) is 7.30. The number of piperidine rings is 1. The summed E-state index contributed by atoms with van der Waals surface area (Å²) in [7, 11) is 2.59. The molecule has 2 aliphatic heterocycles. The molecular formula is C20H24N2O5. The smallest absolute Gasteiger partial charge is 0.320 e. The summed E-state index contributed by atoms with van der Waals surface area (Å²) in [6.07, 6.45) is 0.709. The Kier molecular flexibility index (Phi) is 4.65. The number of para-hydroxylation sites is 1. The van der Waals surface area contributed by atoms with E-state index in [1.165, 1.54) is 14.2 Å².